The number of hydrogen-bond acceptors (Lipinski definition) is 6. The summed E-state index contributed by atoms with van der Waals surface area (Å²) in [7, 11) is -4.25. The fourth-order valence-electron chi connectivity index (χ4n) is 0.792. The van der Waals surface area contributed by atoms with Crippen LogP contribution in [0.5, 0.6) is 0 Å². The zero-order valence-corrected chi connectivity index (χ0v) is 11.9. The topological polar surface area (TPSA) is 95.9 Å². The molecule has 2 rings (SSSR count). The molecule has 0 unspecified atom stereocenters. The van der Waals surface area contributed by atoms with Gasteiger partial charge < -0.3 is 4.55 Å². The predicted octanol–water partition coefficient (Wildman–Crippen LogP) is -2.53. The van der Waals surface area contributed by atoms with E-state index in [9.17, 15) is 13.0 Å². The minimum Gasteiger partial charge on any atom is -0.744 e. The van der Waals surface area contributed by atoms with Gasteiger partial charge >= 0.3 is 29.6 Å². The zero-order valence-electron chi connectivity index (χ0n) is 9.09. The number of benzene rings is 1. The first-order valence-corrected chi connectivity index (χ1v) is 5.61. The second-order valence-electron chi connectivity index (χ2n) is 2.58. The Labute approximate surface area is 121 Å². The Morgan fingerprint density at radius 2 is 1.47 bits per heavy atom. The van der Waals surface area contributed by atoms with E-state index < -0.39 is 10.1 Å². The maximum atomic E-state index is 10.3. The van der Waals surface area contributed by atoms with E-state index in [4.69, 9.17) is 0 Å². The van der Waals surface area contributed by atoms with Crippen molar-refractivity contribution in [3.63, 3.8) is 0 Å². The predicted molar refractivity (Wildman–Crippen MR) is 54.2 cm³/mol. The summed E-state index contributed by atoms with van der Waals surface area (Å²) in [6, 6.07) is 8.90. The molecule has 8 heteroatoms. The molecule has 6 nitrogen and oxygen atoms in total. The molecule has 0 atom stereocenters. The fraction of sp³-hybridized carbons (Fsp3) is 0. The number of hydrogen-bond donors (Lipinski definition) is 0. The first-order chi connectivity index (χ1) is 7.61. The molecule has 0 saturated carbocycles. The van der Waals surface area contributed by atoms with Gasteiger partial charge in [-0.3, -0.25) is 0 Å². The standard InChI is InChI=1S/C6H6O3S.C3H3N3.Na/c7-10(8,9)6-4-2-1-3-5-6;1-2-4-6-5-3-1;/h1-5H,(H,7,8,9);1-3H;/q;;+1/p-1. The van der Waals surface area contributed by atoms with Crippen LogP contribution in [-0.2, 0) is 10.1 Å². The largest absolute Gasteiger partial charge is 1.00 e. The van der Waals surface area contributed by atoms with Crippen molar-refractivity contribution in [1.29, 1.82) is 0 Å². The minimum atomic E-state index is -4.25. The van der Waals surface area contributed by atoms with Crippen molar-refractivity contribution < 1.29 is 42.5 Å². The van der Waals surface area contributed by atoms with Crippen LogP contribution in [0, 0.1) is 0 Å². The smallest absolute Gasteiger partial charge is 0.744 e. The molecule has 1 aromatic heterocycles. The molecule has 2 aromatic rings. The van der Waals surface area contributed by atoms with Gasteiger partial charge in [-0.1, -0.05) is 18.2 Å². The Morgan fingerprint density at radius 3 is 1.71 bits per heavy atom. The molecule has 0 N–H and O–H groups in total. The Kier molecular flexibility index (Phi) is 7.85. The molecular formula is C9H8N3NaO3S. The summed E-state index contributed by atoms with van der Waals surface area (Å²) < 4.78 is 30.8. The molecule has 1 aromatic carbocycles. The molecule has 0 spiro atoms. The van der Waals surface area contributed by atoms with E-state index in [2.05, 4.69) is 15.4 Å². The van der Waals surface area contributed by atoms with Crippen LogP contribution in [0.1, 0.15) is 0 Å². The summed E-state index contributed by atoms with van der Waals surface area (Å²) in [5.41, 5.74) is 0. The van der Waals surface area contributed by atoms with Crippen LogP contribution < -0.4 is 29.6 Å². The monoisotopic (exact) mass is 261 g/mol. The molecule has 0 radical (unpaired) electrons. The van der Waals surface area contributed by atoms with Crippen LogP contribution in [0.15, 0.2) is 53.7 Å². The van der Waals surface area contributed by atoms with E-state index in [1.165, 1.54) is 24.3 Å². The molecular weight excluding hydrogens is 253 g/mol. The number of nitrogens with zero attached hydrogens (tertiary/aromatic N) is 3. The van der Waals surface area contributed by atoms with E-state index in [1.807, 2.05) is 0 Å². The fourth-order valence-corrected chi connectivity index (χ4v) is 1.28. The van der Waals surface area contributed by atoms with Crippen LogP contribution in [0.3, 0.4) is 0 Å². The van der Waals surface area contributed by atoms with Gasteiger partial charge in [-0.15, -0.1) is 10.2 Å². The average Bonchev–Trinajstić information content (AvgIpc) is 2.32. The summed E-state index contributed by atoms with van der Waals surface area (Å²) >= 11 is 0. The average molecular weight is 261 g/mol. The van der Waals surface area contributed by atoms with E-state index in [0.29, 0.717) is 0 Å². The van der Waals surface area contributed by atoms with Crippen molar-refractivity contribution in [1.82, 2.24) is 15.4 Å². The third-order valence-electron chi connectivity index (χ3n) is 1.44. The van der Waals surface area contributed by atoms with Crippen LogP contribution in [0.2, 0.25) is 0 Å². The van der Waals surface area contributed by atoms with E-state index in [-0.39, 0.29) is 34.5 Å². The summed E-state index contributed by atoms with van der Waals surface area (Å²) in [5, 5.41) is 10.1. The van der Waals surface area contributed by atoms with Gasteiger partial charge in [0, 0.05) is 0 Å². The molecule has 0 aliphatic rings. The summed E-state index contributed by atoms with van der Waals surface area (Å²) in [6.45, 7) is 0. The normalized spacial score (nSPS) is 9.47. The van der Waals surface area contributed by atoms with Crippen molar-refractivity contribution in [2.45, 2.75) is 4.90 Å². The molecule has 17 heavy (non-hydrogen) atoms. The van der Waals surface area contributed by atoms with Gasteiger partial charge in [0.05, 0.1) is 17.3 Å². The molecule has 84 valence electrons. The second kappa shape index (κ2) is 8.26. The Bertz CT molecular complexity index is 481. The van der Waals surface area contributed by atoms with Gasteiger partial charge in [0.1, 0.15) is 10.1 Å². The summed E-state index contributed by atoms with van der Waals surface area (Å²) in [4.78, 5) is -0.185. The quantitative estimate of drug-likeness (QED) is 0.415. The Morgan fingerprint density at radius 1 is 0.941 bits per heavy atom. The van der Waals surface area contributed by atoms with Crippen molar-refractivity contribution >= 4 is 10.1 Å². The van der Waals surface area contributed by atoms with Crippen LogP contribution in [0.25, 0.3) is 0 Å². The van der Waals surface area contributed by atoms with E-state index in [1.54, 1.807) is 24.5 Å². The summed E-state index contributed by atoms with van der Waals surface area (Å²) in [6.07, 6.45) is 3.15. The molecule has 1 heterocycles. The van der Waals surface area contributed by atoms with E-state index in [0.717, 1.165) is 0 Å². The SMILES string of the molecule is O=S(=O)([O-])c1ccccc1.[Na+].c1cnnnc1. The molecule has 0 aliphatic heterocycles. The van der Waals surface area contributed by atoms with E-state index >= 15 is 0 Å². The summed E-state index contributed by atoms with van der Waals surface area (Å²) in [5.74, 6) is 0. The molecule has 0 saturated heterocycles. The van der Waals surface area contributed by atoms with Crippen molar-refractivity contribution in [2.75, 3.05) is 0 Å². The van der Waals surface area contributed by atoms with Gasteiger partial charge in [0.2, 0.25) is 0 Å². The third kappa shape index (κ3) is 7.14. The van der Waals surface area contributed by atoms with Crippen molar-refractivity contribution in [2.24, 2.45) is 0 Å². The molecule has 0 amide bonds. The third-order valence-corrected chi connectivity index (χ3v) is 2.29. The molecule has 0 fully saturated rings. The minimum absolute atomic E-state index is 0. The second-order valence-corrected chi connectivity index (χ2v) is 3.96. The van der Waals surface area contributed by atoms with Crippen LogP contribution >= 0.6 is 0 Å². The van der Waals surface area contributed by atoms with Gasteiger partial charge in [0.25, 0.3) is 0 Å². The maximum Gasteiger partial charge on any atom is 1.00 e. The Hall–Kier alpha value is -0.860. The maximum absolute atomic E-state index is 10.3. The van der Waals surface area contributed by atoms with Crippen molar-refractivity contribution in [3.8, 4) is 0 Å². The van der Waals surface area contributed by atoms with Crippen LogP contribution in [0.4, 0.5) is 0 Å². The van der Waals surface area contributed by atoms with Gasteiger partial charge in [-0.2, -0.15) is 0 Å². The first kappa shape index (κ1) is 16.1. The van der Waals surface area contributed by atoms with Gasteiger partial charge in [-0.25, -0.2) is 8.42 Å². The first-order valence-electron chi connectivity index (χ1n) is 4.20. The Balaban J connectivity index is 0.000000316. The van der Waals surface area contributed by atoms with Crippen LogP contribution in [-0.4, -0.2) is 28.4 Å². The number of aromatic nitrogens is 3. The number of rotatable bonds is 1. The molecule has 0 aliphatic carbocycles. The van der Waals surface area contributed by atoms with Gasteiger partial charge in [-0.05, 0) is 23.4 Å². The van der Waals surface area contributed by atoms with Gasteiger partial charge in [0.15, 0.2) is 0 Å². The zero-order chi connectivity index (χ0) is 11.9. The molecule has 0 bridgehead atoms. The van der Waals surface area contributed by atoms with Crippen molar-refractivity contribution in [3.05, 3.63) is 48.8 Å².